The summed E-state index contributed by atoms with van der Waals surface area (Å²) in [7, 11) is 3.22. The molecule has 0 spiro atoms. The molecule has 42 heavy (non-hydrogen) atoms. The van der Waals surface area contributed by atoms with Crippen LogP contribution in [0.5, 0.6) is 0 Å². The van der Waals surface area contributed by atoms with Gasteiger partial charge in [-0.2, -0.15) is 0 Å². The minimum atomic E-state index is -0.995. The van der Waals surface area contributed by atoms with Gasteiger partial charge in [-0.3, -0.25) is 14.4 Å². The lowest BCUT2D eigenvalue weighted by molar-refractivity contribution is -0.108. The number of nitrogens with two attached hydrogens (primary N) is 1. The van der Waals surface area contributed by atoms with Crippen molar-refractivity contribution >= 4 is 51.9 Å². The van der Waals surface area contributed by atoms with Crippen molar-refractivity contribution in [2.45, 2.75) is 26.4 Å². The molecule has 3 amide bonds. The summed E-state index contributed by atoms with van der Waals surface area (Å²) < 4.78 is 12.8. The number of carbonyl (C=O) groups excluding carboxylic acids is 3. The zero-order valence-corrected chi connectivity index (χ0v) is 24.1. The van der Waals surface area contributed by atoms with Crippen molar-refractivity contribution in [1.29, 1.82) is 0 Å². The molecular formula is C33H33FN4O4. The first-order chi connectivity index (χ1) is 19.9. The smallest absolute Gasteiger partial charge is 0.250 e. The Balaban J connectivity index is 0.000000310. The van der Waals surface area contributed by atoms with Gasteiger partial charge in [0, 0.05) is 36.1 Å². The van der Waals surface area contributed by atoms with Crippen molar-refractivity contribution in [2.24, 2.45) is 5.73 Å². The number of hydrogen-bond acceptors (Lipinski definition) is 4. The first kappa shape index (κ1) is 30.0. The number of carbonyl (C=O) groups is 3. The van der Waals surface area contributed by atoms with Gasteiger partial charge in [-0.15, -0.1) is 0 Å². The SMILES string of the molecule is CN(C=O)c1ccccc1F.Cc1c(-c2ccc(C(N)=O)c3[nH]c4cc(C(C)(C)O)ccc4c23)cccc1N(C)C=O. The molecule has 5 aromatic rings. The van der Waals surface area contributed by atoms with E-state index in [1.807, 2.05) is 49.4 Å². The number of nitrogens with zero attached hydrogens (tertiary/aromatic N) is 2. The van der Waals surface area contributed by atoms with Crippen LogP contribution < -0.4 is 15.5 Å². The van der Waals surface area contributed by atoms with Crippen molar-refractivity contribution in [1.82, 2.24) is 4.98 Å². The molecule has 216 valence electrons. The van der Waals surface area contributed by atoms with Crippen LogP contribution in [0.4, 0.5) is 15.8 Å². The third-order valence-corrected chi connectivity index (χ3v) is 7.25. The van der Waals surface area contributed by atoms with Crippen LogP contribution in [-0.2, 0) is 15.2 Å². The van der Waals surface area contributed by atoms with Crippen LogP contribution in [0.1, 0.15) is 35.3 Å². The second kappa shape index (κ2) is 11.8. The molecular weight excluding hydrogens is 535 g/mol. The highest BCUT2D eigenvalue weighted by Crippen LogP contribution is 2.40. The first-order valence-corrected chi connectivity index (χ1v) is 13.2. The van der Waals surface area contributed by atoms with Crippen LogP contribution >= 0.6 is 0 Å². The van der Waals surface area contributed by atoms with Crippen molar-refractivity contribution in [3.05, 3.63) is 95.3 Å². The molecule has 9 heteroatoms. The molecule has 5 rings (SSSR count). The molecule has 0 radical (unpaired) electrons. The Morgan fingerprint density at radius 3 is 2.17 bits per heavy atom. The molecule has 0 saturated heterocycles. The molecule has 0 aliphatic carbocycles. The number of primary amides is 1. The maximum atomic E-state index is 12.8. The van der Waals surface area contributed by atoms with E-state index in [4.69, 9.17) is 5.73 Å². The van der Waals surface area contributed by atoms with Gasteiger partial charge in [0.1, 0.15) is 5.82 Å². The fourth-order valence-electron chi connectivity index (χ4n) is 4.97. The zero-order valence-electron chi connectivity index (χ0n) is 24.1. The van der Waals surface area contributed by atoms with E-state index in [0.717, 1.165) is 50.6 Å². The van der Waals surface area contributed by atoms with Gasteiger partial charge >= 0.3 is 0 Å². The first-order valence-electron chi connectivity index (χ1n) is 13.2. The molecule has 4 aromatic carbocycles. The number of aliphatic hydroxyl groups is 1. The molecule has 0 fully saturated rings. The lowest BCUT2D eigenvalue weighted by atomic mass is 9.92. The summed E-state index contributed by atoms with van der Waals surface area (Å²) in [4.78, 5) is 39.8. The number of para-hydroxylation sites is 1. The molecule has 4 N–H and O–H groups in total. The highest BCUT2D eigenvalue weighted by Gasteiger charge is 2.21. The van der Waals surface area contributed by atoms with Crippen LogP contribution in [0.2, 0.25) is 0 Å². The second-order valence-corrected chi connectivity index (χ2v) is 10.6. The van der Waals surface area contributed by atoms with Gasteiger partial charge in [0.15, 0.2) is 0 Å². The monoisotopic (exact) mass is 568 g/mol. The molecule has 0 bridgehead atoms. The fraction of sp³-hybridized carbons (Fsp3) is 0.182. The number of nitrogens with one attached hydrogen (secondary N) is 1. The van der Waals surface area contributed by atoms with Gasteiger partial charge in [-0.25, -0.2) is 4.39 Å². The van der Waals surface area contributed by atoms with E-state index in [9.17, 15) is 23.9 Å². The number of hydrogen-bond donors (Lipinski definition) is 3. The number of fused-ring (bicyclic) bond motifs is 3. The summed E-state index contributed by atoms with van der Waals surface area (Å²) in [5.41, 5.74) is 11.2. The summed E-state index contributed by atoms with van der Waals surface area (Å²) in [6.07, 6.45) is 1.35. The number of rotatable bonds is 7. The van der Waals surface area contributed by atoms with Crippen molar-refractivity contribution < 1.29 is 23.9 Å². The van der Waals surface area contributed by atoms with E-state index in [2.05, 4.69) is 4.98 Å². The molecule has 8 nitrogen and oxygen atoms in total. The number of anilines is 2. The molecule has 0 aliphatic heterocycles. The standard InChI is InChI=1S/C25H25N3O3.C8H8FNO/c1-14-16(6-5-7-21(14)28(4)13-29)17-10-11-19(24(26)30)23-22(17)18-9-8-15(25(2,3)31)12-20(18)27-23;1-10(6-11)8-5-3-2-4-7(8)9/h5-13,27,31H,1-4H3,(H2,26,30);2-6H,1H3. The Bertz CT molecular complexity index is 1810. The number of aromatic nitrogens is 1. The summed E-state index contributed by atoms with van der Waals surface area (Å²) in [5, 5.41) is 12.2. The van der Waals surface area contributed by atoms with Crippen molar-refractivity contribution in [2.75, 3.05) is 23.9 Å². The maximum Gasteiger partial charge on any atom is 0.250 e. The summed E-state index contributed by atoms with van der Waals surface area (Å²) in [6.45, 7) is 5.44. The summed E-state index contributed by atoms with van der Waals surface area (Å²) >= 11 is 0. The average Bonchev–Trinajstić information content (AvgIpc) is 3.35. The zero-order chi connectivity index (χ0) is 30.8. The van der Waals surface area contributed by atoms with E-state index in [-0.39, 0.29) is 5.82 Å². The van der Waals surface area contributed by atoms with Crippen LogP contribution in [0, 0.1) is 12.7 Å². The van der Waals surface area contributed by atoms with Gasteiger partial charge in [0.2, 0.25) is 12.8 Å². The lowest BCUT2D eigenvalue weighted by Crippen LogP contribution is -2.15. The predicted molar refractivity (Wildman–Crippen MR) is 165 cm³/mol. The molecule has 1 aromatic heterocycles. The topological polar surface area (TPSA) is 120 Å². The highest BCUT2D eigenvalue weighted by molar-refractivity contribution is 6.20. The largest absolute Gasteiger partial charge is 0.386 e. The average molecular weight is 569 g/mol. The van der Waals surface area contributed by atoms with Crippen molar-refractivity contribution in [3.63, 3.8) is 0 Å². The number of benzene rings is 4. The minimum absolute atomic E-state index is 0.294. The number of H-pyrrole nitrogens is 1. The number of aromatic amines is 1. The van der Waals surface area contributed by atoms with Gasteiger partial charge in [-0.05, 0) is 73.4 Å². The maximum absolute atomic E-state index is 12.8. The van der Waals surface area contributed by atoms with Crippen molar-refractivity contribution in [3.8, 4) is 11.1 Å². The van der Waals surface area contributed by atoms with E-state index in [0.29, 0.717) is 23.2 Å². The predicted octanol–water partition coefficient (Wildman–Crippen LogP) is 5.63. The molecule has 0 saturated carbocycles. The van der Waals surface area contributed by atoms with E-state index < -0.39 is 11.5 Å². The molecule has 0 atom stereocenters. The Morgan fingerprint density at radius 1 is 0.905 bits per heavy atom. The third kappa shape index (κ3) is 5.73. The van der Waals surface area contributed by atoms with E-state index in [1.165, 1.54) is 18.0 Å². The number of amides is 3. The summed E-state index contributed by atoms with van der Waals surface area (Å²) in [6, 6.07) is 21.3. The van der Waals surface area contributed by atoms with E-state index >= 15 is 0 Å². The fourth-order valence-corrected chi connectivity index (χ4v) is 4.97. The Morgan fingerprint density at radius 2 is 1.55 bits per heavy atom. The van der Waals surface area contributed by atoms with Crippen LogP contribution in [0.15, 0.2) is 72.8 Å². The highest BCUT2D eigenvalue weighted by atomic mass is 19.1. The van der Waals surface area contributed by atoms with Crippen LogP contribution in [-0.4, -0.2) is 42.9 Å². The van der Waals surface area contributed by atoms with Gasteiger partial charge in [0.05, 0.1) is 22.4 Å². The second-order valence-electron chi connectivity index (χ2n) is 10.6. The van der Waals surface area contributed by atoms with Gasteiger partial charge in [-0.1, -0.05) is 42.5 Å². The lowest BCUT2D eigenvalue weighted by Gasteiger charge is -2.18. The summed E-state index contributed by atoms with van der Waals surface area (Å²) in [5.74, 6) is -0.904. The van der Waals surface area contributed by atoms with E-state index in [1.54, 1.807) is 50.1 Å². The van der Waals surface area contributed by atoms with Gasteiger partial charge < -0.3 is 25.6 Å². The third-order valence-electron chi connectivity index (χ3n) is 7.25. The van der Waals surface area contributed by atoms with Crippen LogP contribution in [0.25, 0.3) is 32.9 Å². The Kier molecular flexibility index (Phi) is 8.44. The number of halogens is 1. The quantitative estimate of drug-likeness (QED) is 0.220. The normalized spacial score (nSPS) is 11.1. The molecule has 0 aliphatic rings. The molecule has 0 unspecified atom stereocenters. The van der Waals surface area contributed by atoms with Crippen LogP contribution in [0.3, 0.4) is 0 Å². The molecule has 1 heterocycles. The Hall–Kier alpha value is -5.02. The minimum Gasteiger partial charge on any atom is -0.386 e. The van der Waals surface area contributed by atoms with Gasteiger partial charge in [0.25, 0.3) is 5.91 Å². The Labute approximate surface area is 243 Å².